The molecule has 0 saturated heterocycles. The summed E-state index contributed by atoms with van der Waals surface area (Å²) >= 11 is 11.5. The molecule has 0 bridgehead atoms. The molecule has 0 fully saturated rings. The molecule has 27 heavy (non-hydrogen) atoms. The van der Waals surface area contributed by atoms with Gasteiger partial charge >= 0.3 is 0 Å². The Bertz CT molecular complexity index is 689. The van der Waals surface area contributed by atoms with E-state index in [1.807, 2.05) is 0 Å². The fourth-order valence-corrected chi connectivity index (χ4v) is 2.20. The van der Waals surface area contributed by atoms with Crippen LogP contribution in [0.3, 0.4) is 0 Å². The molecule has 0 unspecified atom stereocenters. The second kappa shape index (κ2) is 14.5. The summed E-state index contributed by atoms with van der Waals surface area (Å²) in [5, 5.41) is 20.0. The minimum atomic E-state index is 0. The van der Waals surface area contributed by atoms with Gasteiger partial charge in [-0.25, -0.2) is 0 Å². The van der Waals surface area contributed by atoms with Crippen molar-refractivity contribution in [2.45, 2.75) is 26.7 Å². The van der Waals surface area contributed by atoms with Crippen molar-refractivity contribution >= 4 is 35.6 Å². The van der Waals surface area contributed by atoms with Crippen LogP contribution in [-0.4, -0.2) is 35.7 Å². The zero-order chi connectivity index (χ0) is 19.4. The Morgan fingerprint density at radius 1 is 0.778 bits per heavy atom. The maximum absolute atomic E-state index is 9.38. The van der Waals surface area contributed by atoms with Gasteiger partial charge in [0.2, 0.25) is 0 Å². The first kappa shape index (κ1) is 25.5. The molecule has 0 saturated carbocycles. The van der Waals surface area contributed by atoms with Crippen LogP contribution in [0.5, 0.6) is 11.5 Å². The molecule has 2 rings (SSSR count). The molecule has 0 aliphatic heterocycles. The Labute approximate surface area is 180 Å². The molecular formula is C20H24Cl2N2NiO2. The number of hydrogen-bond acceptors (Lipinski definition) is 4. The van der Waals surface area contributed by atoms with Crippen molar-refractivity contribution in [3.63, 3.8) is 0 Å². The molecular weight excluding hydrogens is 430 g/mol. The van der Waals surface area contributed by atoms with Gasteiger partial charge in [-0.3, -0.25) is 9.98 Å². The number of aliphatic imine (C=N–C) groups is 2. The standard InChI is InChI=1S/2C10H12ClNO.Ni/c2*1-2-5-12-7-8-6-9(11)3-4-10(8)13;/h2*3-4,6-7,13H,2,5H2,1H3;. The van der Waals surface area contributed by atoms with E-state index in [4.69, 9.17) is 23.2 Å². The van der Waals surface area contributed by atoms with Gasteiger partial charge in [0.05, 0.1) is 0 Å². The van der Waals surface area contributed by atoms with Gasteiger partial charge < -0.3 is 10.2 Å². The van der Waals surface area contributed by atoms with Crippen LogP contribution in [0, 0.1) is 0 Å². The third-order valence-corrected chi connectivity index (χ3v) is 3.62. The van der Waals surface area contributed by atoms with Crippen LogP contribution in [-0.2, 0) is 16.5 Å². The summed E-state index contributed by atoms with van der Waals surface area (Å²) in [7, 11) is 0. The molecule has 2 aromatic carbocycles. The van der Waals surface area contributed by atoms with E-state index < -0.39 is 0 Å². The van der Waals surface area contributed by atoms with Gasteiger partial charge in [0, 0.05) is 63.2 Å². The maximum Gasteiger partial charge on any atom is 0.124 e. The van der Waals surface area contributed by atoms with E-state index in [2.05, 4.69) is 23.8 Å². The van der Waals surface area contributed by atoms with Crippen molar-refractivity contribution in [2.75, 3.05) is 13.1 Å². The molecule has 0 heterocycles. The van der Waals surface area contributed by atoms with Crippen molar-refractivity contribution in [3.8, 4) is 11.5 Å². The van der Waals surface area contributed by atoms with Crippen molar-refractivity contribution in [1.29, 1.82) is 0 Å². The average molecular weight is 454 g/mol. The minimum Gasteiger partial charge on any atom is -0.507 e. The number of phenolic OH excluding ortho intramolecular Hbond substituents is 2. The molecule has 2 N–H and O–H groups in total. The zero-order valence-corrected chi connectivity index (χ0v) is 17.8. The van der Waals surface area contributed by atoms with Gasteiger partial charge in [-0.05, 0) is 49.2 Å². The number of halogens is 2. The van der Waals surface area contributed by atoms with E-state index in [1.54, 1.807) is 48.8 Å². The van der Waals surface area contributed by atoms with E-state index in [0.29, 0.717) is 21.2 Å². The Morgan fingerprint density at radius 2 is 1.15 bits per heavy atom. The molecule has 0 aliphatic carbocycles. The summed E-state index contributed by atoms with van der Waals surface area (Å²) < 4.78 is 0. The first-order valence-electron chi connectivity index (χ1n) is 8.44. The van der Waals surface area contributed by atoms with E-state index in [-0.39, 0.29) is 28.0 Å². The second-order valence-corrected chi connectivity index (χ2v) is 6.35. The summed E-state index contributed by atoms with van der Waals surface area (Å²) in [5.74, 6) is 0.425. The number of aromatic hydroxyl groups is 2. The smallest absolute Gasteiger partial charge is 0.124 e. The normalized spacial score (nSPS) is 10.5. The SMILES string of the molecule is CCCN=Cc1cc(Cl)ccc1O.CCCN=Cc1cc(Cl)ccc1O.[Ni]. The predicted molar refractivity (Wildman–Crippen MR) is 112 cm³/mol. The number of benzene rings is 2. The third kappa shape index (κ3) is 10.4. The Balaban J connectivity index is 0.000000483. The van der Waals surface area contributed by atoms with Crippen molar-refractivity contribution in [3.05, 3.63) is 57.6 Å². The first-order chi connectivity index (χ1) is 12.5. The van der Waals surface area contributed by atoms with Crippen LogP contribution in [0.2, 0.25) is 10.0 Å². The van der Waals surface area contributed by atoms with Gasteiger partial charge in [-0.1, -0.05) is 37.0 Å². The quantitative estimate of drug-likeness (QED) is 0.432. The van der Waals surface area contributed by atoms with E-state index in [1.165, 1.54) is 0 Å². The van der Waals surface area contributed by atoms with Gasteiger partial charge in [-0.15, -0.1) is 0 Å². The van der Waals surface area contributed by atoms with Gasteiger partial charge in [-0.2, -0.15) is 0 Å². The monoisotopic (exact) mass is 452 g/mol. The van der Waals surface area contributed by atoms with Crippen molar-refractivity contribution in [1.82, 2.24) is 0 Å². The molecule has 7 heteroatoms. The summed E-state index contributed by atoms with van der Waals surface area (Å²) in [5.41, 5.74) is 1.34. The number of hydrogen-bond donors (Lipinski definition) is 2. The molecule has 150 valence electrons. The summed E-state index contributed by atoms with van der Waals surface area (Å²) in [6.45, 7) is 5.64. The van der Waals surface area contributed by atoms with Crippen LogP contribution in [0.1, 0.15) is 37.8 Å². The van der Waals surface area contributed by atoms with Crippen LogP contribution in [0.25, 0.3) is 0 Å². The van der Waals surface area contributed by atoms with Gasteiger partial charge in [0.15, 0.2) is 0 Å². The maximum atomic E-state index is 9.38. The Hall–Kier alpha value is -1.55. The number of nitrogens with zero attached hydrogens (tertiary/aromatic N) is 2. The van der Waals surface area contributed by atoms with Crippen LogP contribution in [0.4, 0.5) is 0 Å². The number of phenols is 2. The molecule has 0 amide bonds. The van der Waals surface area contributed by atoms with Crippen molar-refractivity contribution in [2.24, 2.45) is 9.98 Å². The summed E-state index contributed by atoms with van der Waals surface area (Å²) in [4.78, 5) is 8.24. The van der Waals surface area contributed by atoms with E-state index in [9.17, 15) is 10.2 Å². The fraction of sp³-hybridized carbons (Fsp3) is 0.300. The second-order valence-electron chi connectivity index (χ2n) is 5.48. The molecule has 0 spiro atoms. The largest absolute Gasteiger partial charge is 0.507 e. The topological polar surface area (TPSA) is 65.2 Å². The average Bonchev–Trinajstić information content (AvgIpc) is 2.62. The van der Waals surface area contributed by atoms with Gasteiger partial charge in [0.25, 0.3) is 0 Å². The minimum absolute atomic E-state index is 0. The summed E-state index contributed by atoms with van der Waals surface area (Å²) in [6.07, 6.45) is 5.28. The van der Waals surface area contributed by atoms with E-state index >= 15 is 0 Å². The van der Waals surface area contributed by atoms with E-state index in [0.717, 1.165) is 25.9 Å². The predicted octanol–water partition coefficient (Wildman–Crippen LogP) is 5.75. The van der Waals surface area contributed by atoms with Crippen molar-refractivity contribution < 1.29 is 26.7 Å². The third-order valence-electron chi connectivity index (χ3n) is 3.15. The molecule has 0 atom stereocenters. The fourth-order valence-electron chi connectivity index (χ4n) is 1.84. The summed E-state index contributed by atoms with van der Waals surface area (Å²) in [6, 6.07) is 9.81. The van der Waals surface area contributed by atoms with Crippen LogP contribution >= 0.6 is 23.2 Å². The molecule has 0 aromatic heterocycles. The molecule has 2 aromatic rings. The molecule has 4 nitrogen and oxygen atoms in total. The zero-order valence-electron chi connectivity index (χ0n) is 15.3. The van der Waals surface area contributed by atoms with Crippen LogP contribution in [0.15, 0.2) is 46.4 Å². The van der Waals surface area contributed by atoms with Crippen LogP contribution < -0.4 is 0 Å². The molecule has 0 aliphatic rings. The Morgan fingerprint density at radius 3 is 1.48 bits per heavy atom. The first-order valence-corrected chi connectivity index (χ1v) is 9.20. The Kier molecular flexibility index (Phi) is 13.7. The molecule has 0 radical (unpaired) electrons. The van der Waals surface area contributed by atoms with Gasteiger partial charge in [0.1, 0.15) is 11.5 Å². The number of rotatable bonds is 6.